The summed E-state index contributed by atoms with van der Waals surface area (Å²) < 4.78 is 5.77. The molecule has 20 heavy (non-hydrogen) atoms. The van der Waals surface area contributed by atoms with Gasteiger partial charge >= 0.3 is 5.97 Å². The van der Waals surface area contributed by atoms with Crippen LogP contribution in [0.3, 0.4) is 0 Å². The lowest BCUT2D eigenvalue weighted by molar-refractivity contribution is -0.148. The molecule has 0 aromatic rings. The Morgan fingerprint density at radius 3 is 2.65 bits per heavy atom. The maximum absolute atomic E-state index is 12.1. The normalized spacial score (nSPS) is 31.1. The van der Waals surface area contributed by atoms with Crippen LogP contribution in [0.4, 0.5) is 0 Å². The number of carboxylic acid groups (broad SMARTS) is 1. The van der Waals surface area contributed by atoms with Crippen LogP contribution in [0.25, 0.3) is 0 Å². The monoisotopic (exact) mass is 283 g/mol. The molecule has 1 N–H and O–H groups in total. The number of nitrogens with zero attached hydrogens (tertiary/aromatic N) is 1. The first-order valence-electron chi connectivity index (χ1n) is 7.70. The van der Waals surface area contributed by atoms with Gasteiger partial charge in [-0.25, -0.2) is 0 Å². The number of carbonyl (C=O) groups excluding carboxylic acids is 1. The molecule has 1 saturated heterocycles. The van der Waals surface area contributed by atoms with Crippen molar-refractivity contribution < 1.29 is 19.4 Å². The van der Waals surface area contributed by atoms with Gasteiger partial charge in [0.1, 0.15) is 6.61 Å². The lowest BCUT2D eigenvalue weighted by Crippen LogP contribution is -2.44. The fraction of sp³-hybridized carbons (Fsp3) is 0.867. The van der Waals surface area contributed by atoms with Gasteiger partial charge in [-0.2, -0.15) is 0 Å². The van der Waals surface area contributed by atoms with Crippen LogP contribution in [0, 0.1) is 11.8 Å². The smallest absolute Gasteiger partial charge is 0.308 e. The van der Waals surface area contributed by atoms with E-state index in [-0.39, 0.29) is 18.6 Å². The van der Waals surface area contributed by atoms with Crippen molar-refractivity contribution in [2.24, 2.45) is 11.8 Å². The Bertz CT molecular complexity index is 358. The maximum Gasteiger partial charge on any atom is 0.308 e. The molecule has 1 heterocycles. The number of rotatable bonds is 4. The Balaban J connectivity index is 1.77. The fourth-order valence-electron chi connectivity index (χ4n) is 3.20. The van der Waals surface area contributed by atoms with E-state index in [0.717, 1.165) is 12.8 Å². The molecule has 3 atom stereocenters. The fourth-order valence-corrected chi connectivity index (χ4v) is 3.20. The summed E-state index contributed by atoms with van der Waals surface area (Å²) in [6, 6.07) is 0. The van der Waals surface area contributed by atoms with Gasteiger partial charge < -0.3 is 14.7 Å². The molecule has 1 aliphatic carbocycles. The van der Waals surface area contributed by atoms with Crippen molar-refractivity contribution in [3.63, 3.8) is 0 Å². The summed E-state index contributed by atoms with van der Waals surface area (Å²) in [4.78, 5) is 24.8. The molecule has 1 amide bonds. The van der Waals surface area contributed by atoms with E-state index in [0.29, 0.717) is 25.4 Å². The first-order valence-corrected chi connectivity index (χ1v) is 7.70. The Labute approximate surface area is 120 Å². The Kier molecular flexibility index (Phi) is 5.40. The van der Waals surface area contributed by atoms with Gasteiger partial charge in [0, 0.05) is 13.1 Å². The lowest BCUT2D eigenvalue weighted by Gasteiger charge is -2.32. The van der Waals surface area contributed by atoms with Crippen molar-refractivity contribution in [3.8, 4) is 0 Å². The first kappa shape index (κ1) is 15.3. The third-order valence-corrected chi connectivity index (χ3v) is 4.58. The van der Waals surface area contributed by atoms with Crippen LogP contribution in [-0.2, 0) is 14.3 Å². The van der Waals surface area contributed by atoms with Crippen molar-refractivity contribution in [2.75, 3.05) is 19.7 Å². The number of piperidine rings is 1. The Morgan fingerprint density at radius 2 is 1.95 bits per heavy atom. The van der Waals surface area contributed by atoms with Gasteiger partial charge in [-0.15, -0.1) is 0 Å². The number of carbonyl (C=O) groups is 2. The third kappa shape index (κ3) is 3.95. The predicted octanol–water partition coefficient (Wildman–Crippen LogP) is 1.90. The molecule has 0 bridgehead atoms. The first-order chi connectivity index (χ1) is 9.58. The Morgan fingerprint density at radius 1 is 1.20 bits per heavy atom. The predicted molar refractivity (Wildman–Crippen MR) is 74.3 cm³/mol. The number of hydrogen-bond donors (Lipinski definition) is 1. The minimum Gasteiger partial charge on any atom is -0.481 e. The molecule has 114 valence electrons. The summed E-state index contributed by atoms with van der Waals surface area (Å²) in [7, 11) is 0. The van der Waals surface area contributed by atoms with Gasteiger partial charge in [0.2, 0.25) is 5.91 Å². The molecular formula is C15H25NO4. The summed E-state index contributed by atoms with van der Waals surface area (Å²) in [5.74, 6) is -0.760. The largest absolute Gasteiger partial charge is 0.481 e. The molecule has 2 aliphatic rings. The zero-order chi connectivity index (χ0) is 14.5. The average Bonchev–Trinajstić information content (AvgIpc) is 2.46. The molecular weight excluding hydrogens is 258 g/mol. The molecule has 1 aliphatic heterocycles. The Hall–Kier alpha value is -1.10. The van der Waals surface area contributed by atoms with Crippen molar-refractivity contribution in [2.45, 2.75) is 51.6 Å². The van der Waals surface area contributed by atoms with Gasteiger partial charge in [-0.05, 0) is 31.6 Å². The quantitative estimate of drug-likeness (QED) is 0.855. The highest BCUT2D eigenvalue weighted by Crippen LogP contribution is 2.26. The van der Waals surface area contributed by atoms with Crippen LogP contribution >= 0.6 is 0 Å². The van der Waals surface area contributed by atoms with Crippen LogP contribution in [0.15, 0.2) is 0 Å². The minimum absolute atomic E-state index is 0.0614. The molecule has 5 nitrogen and oxygen atoms in total. The average molecular weight is 283 g/mol. The highest BCUT2D eigenvalue weighted by molar-refractivity contribution is 5.79. The van der Waals surface area contributed by atoms with Crippen LogP contribution in [-0.4, -0.2) is 47.7 Å². The number of amides is 1. The molecule has 0 unspecified atom stereocenters. The summed E-state index contributed by atoms with van der Waals surface area (Å²) in [6.07, 6.45) is 6.25. The molecule has 0 spiro atoms. The van der Waals surface area contributed by atoms with Gasteiger partial charge in [0.05, 0.1) is 12.0 Å². The highest BCUT2D eigenvalue weighted by Gasteiger charge is 2.29. The zero-order valence-electron chi connectivity index (χ0n) is 12.2. The van der Waals surface area contributed by atoms with E-state index < -0.39 is 11.9 Å². The highest BCUT2D eigenvalue weighted by atomic mass is 16.5. The second-order valence-electron chi connectivity index (χ2n) is 6.13. The third-order valence-electron chi connectivity index (χ3n) is 4.58. The van der Waals surface area contributed by atoms with Gasteiger partial charge in [0.15, 0.2) is 0 Å². The minimum atomic E-state index is -0.802. The summed E-state index contributed by atoms with van der Waals surface area (Å²) in [5.41, 5.74) is 0. The van der Waals surface area contributed by atoms with E-state index in [1.54, 1.807) is 4.90 Å². The summed E-state index contributed by atoms with van der Waals surface area (Å²) in [6.45, 7) is 3.26. The SMILES string of the molecule is C[C@@H]1CCCC[C@@H]1OCC(=O)N1CCC[C@@H](C(=O)O)C1. The molecule has 2 fully saturated rings. The van der Waals surface area contributed by atoms with Crippen LogP contribution in [0.2, 0.25) is 0 Å². The number of carboxylic acids is 1. The van der Waals surface area contributed by atoms with E-state index in [2.05, 4.69) is 6.92 Å². The standard InChI is InChI=1S/C15H25NO4/c1-11-5-2-3-7-13(11)20-10-14(17)16-8-4-6-12(9-16)15(18)19/h11-13H,2-10H2,1H3,(H,18,19)/t11-,12-,13+/m1/s1. The van der Waals surface area contributed by atoms with Crippen molar-refractivity contribution in [1.29, 1.82) is 0 Å². The second-order valence-corrected chi connectivity index (χ2v) is 6.13. The molecule has 0 aromatic heterocycles. The van der Waals surface area contributed by atoms with Gasteiger partial charge in [-0.1, -0.05) is 19.8 Å². The molecule has 2 rings (SSSR count). The van der Waals surface area contributed by atoms with E-state index in [4.69, 9.17) is 9.84 Å². The number of likely N-dealkylation sites (tertiary alicyclic amines) is 1. The lowest BCUT2D eigenvalue weighted by atomic mass is 9.88. The van der Waals surface area contributed by atoms with E-state index in [9.17, 15) is 9.59 Å². The summed E-state index contributed by atoms with van der Waals surface area (Å²) in [5, 5.41) is 9.04. The number of ether oxygens (including phenoxy) is 1. The number of aliphatic carboxylic acids is 1. The number of hydrogen-bond acceptors (Lipinski definition) is 3. The molecule has 0 aromatic carbocycles. The van der Waals surface area contributed by atoms with Crippen molar-refractivity contribution in [1.82, 2.24) is 4.90 Å². The van der Waals surface area contributed by atoms with E-state index >= 15 is 0 Å². The second kappa shape index (κ2) is 7.07. The zero-order valence-corrected chi connectivity index (χ0v) is 12.2. The molecule has 1 saturated carbocycles. The van der Waals surface area contributed by atoms with Crippen LogP contribution < -0.4 is 0 Å². The maximum atomic E-state index is 12.1. The topological polar surface area (TPSA) is 66.8 Å². The van der Waals surface area contributed by atoms with E-state index in [1.807, 2.05) is 0 Å². The van der Waals surface area contributed by atoms with Crippen LogP contribution in [0.1, 0.15) is 45.4 Å². The summed E-state index contributed by atoms with van der Waals surface area (Å²) >= 11 is 0. The van der Waals surface area contributed by atoms with E-state index in [1.165, 1.54) is 19.3 Å². The van der Waals surface area contributed by atoms with Gasteiger partial charge in [-0.3, -0.25) is 9.59 Å². The van der Waals surface area contributed by atoms with Crippen molar-refractivity contribution >= 4 is 11.9 Å². The van der Waals surface area contributed by atoms with Gasteiger partial charge in [0.25, 0.3) is 0 Å². The van der Waals surface area contributed by atoms with Crippen molar-refractivity contribution in [3.05, 3.63) is 0 Å². The van der Waals surface area contributed by atoms with Crippen LogP contribution in [0.5, 0.6) is 0 Å². The molecule has 0 radical (unpaired) electrons. The molecule has 5 heteroatoms.